The summed E-state index contributed by atoms with van der Waals surface area (Å²) in [6.45, 7) is 3.30. The van der Waals surface area contributed by atoms with E-state index in [2.05, 4.69) is 36.5 Å². The zero-order valence-electron chi connectivity index (χ0n) is 12.4. The van der Waals surface area contributed by atoms with E-state index >= 15 is 0 Å². The number of nitrogens with one attached hydrogen (secondary N) is 1. The lowest BCUT2D eigenvalue weighted by Gasteiger charge is -2.50. The molecule has 4 rings (SSSR count). The first-order valence-corrected chi connectivity index (χ1v) is 8.25. The summed E-state index contributed by atoms with van der Waals surface area (Å²) in [4.78, 5) is 0. The van der Waals surface area contributed by atoms with E-state index in [1.54, 1.807) is 5.56 Å². The summed E-state index contributed by atoms with van der Waals surface area (Å²) in [6, 6.07) is 9.52. The first kappa shape index (κ1) is 12.7. The van der Waals surface area contributed by atoms with Crippen molar-refractivity contribution in [3.63, 3.8) is 0 Å². The largest absolute Gasteiger partial charge is 0.382 e. The highest BCUT2D eigenvalue weighted by molar-refractivity contribution is 5.55. The van der Waals surface area contributed by atoms with Gasteiger partial charge in [-0.25, -0.2) is 0 Å². The molecular formula is C18H25NO. The number of anilines is 1. The van der Waals surface area contributed by atoms with E-state index < -0.39 is 0 Å². The maximum absolute atomic E-state index is 6.12. The molecule has 2 heterocycles. The second kappa shape index (κ2) is 4.77. The van der Waals surface area contributed by atoms with Crippen molar-refractivity contribution in [2.45, 2.75) is 63.0 Å². The molecule has 2 heteroatoms. The number of hydrogen-bond acceptors (Lipinski definition) is 2. The van der Waals surface area contributed by atoms with Gasteiger partial charge in [0, 0.05) is 18.3 Å². The lowest BCUT2D eigenvalue weighted by atomic mass is 9.66. The van der Waals surface area contributed by atoms with Gasteiger partial charge in [-0.15, -0.1) is 0 Å². The fourth-order valence-corrected chi connectivity index (χ4v) is 4.56. The summed E-state index contributed by atoms with van der Waals surface area (Å²) in [5, 5.41) is 3.65. The standard InChI is InChI=1S/C18H25NO/c1-13-11-16(15-5-2-3-6-17(15)19-13)14-7-10-20-18(12-14)8-4-9-18/h2-3,5-6,13-14,16,19H,4,7-12H2,1H3. The third-order valence-electron chi connectivity index (χ3n) is 5.73. The second-order valence-corrected chi connectivity index (χ2v) is 7.11. The van der Waals surface area contributed by atoms with Crippen LogP contribution in [0.25, 0.3) is 0 Å². The Morgan fingerprint density at radius 3 is 2.90 bits per heavy atom. The Labute approximate surface area is 121 Å². The molecule has 0 amide bonds. The summed E-state index contributed by atoms with van der Waals surface area (Å²) in [6.07, 6.45) is 7.77. The van der Waals surface area contributed by atoms with Crippen LogP contribution in [0, 0.1) is 5.92 Å². The summed E-state index contributed by atoms with van der Waals surface area (Å²) >= 11 is 0. The highest BCUT2D eigenvalue weighted by Crippen LogP contribution is 2.50. The van der Waals surface area contributed by atoms with Crippen molar-refractivity contribution < 1.29 is 4.74 Å². The first-order chi connectivity index (χ1) is 9.76. The summed E-state index contributed by atoms with van der Waals surface area (Å²) in [5.41, 5.74) is 3.18. The van der Waals surface area contributed by atoms with Gasteiger partial charge in [0.25, 0.3) is 0 Å². The minimum Gasteiger partial charge on any atom is -0.382 e. The monoisotopic (exact) mass is 271 g/mol. The lowest BCUT2D eigenvalue weighted by molar-refractivity contribution is -0.146. The number of para-hydroxylation sites is 1. The summed E-state index contributed by atoms with van der Waals surface area (Å²) in [5.74, 6) is 1.54. The van der Waals surface area contributed by atoms with Gasteiger partial charge in [0.05, 0.1) is 5.60 Å². The molecule has 3 atom stereocenters. The lowest BCUT2D eigenvalue weighted by Crippen LogP contribution is -2.47. The van der Waals surface area contributed by atoms with Crippen LogP contribution in [0.2, 0.25) is 0 Å². The predicted octanol–water partition coefficient (Wildman–Crippen LogP) is 4.32. The molecule has 1 saturated heterocycles. The molecule has 1 saturated carbocycles. The zero-order valence-corrected chi connectivity index (χ0v) is 12.4. The van der Waals surface area contributed by atoms with Crippen LogP contribution in [0.5, 0.6) is 0 Å². The molecule has 1 spiro atoms. The van der Waals surface area contributed by atoms with Crippen molar-refractivity contribution in [1.29, 1.82) is 0 Å². The van der Waals surface area contributed by atoms with Gasteiger partial charge in [0.1, 0.15) is 0 Å². The van der Waals surface area contributed by atoms with Gasteiger partial charge in [-0.1, -0.05) is 18.2 Å². The number of benzene rings is 1. The van der Waals surface area contributed by atoms with Crippen LogP contribution in [0.3, 0.4) is 0 Å². The topological polar surface area (TPSA) is 21.3 Å². The minimum absolute atomic E-state index is 0.270. The Kier molecular flexibility index (Phi) is 3.03. The molecule has 2 nitrogen and oxygen atoms in total. The molecule has 1 aromatic rings. The van der Waals surface area contributed by atoms with Crippen molar-refractivity contribution in [2.75, 3.05) is 11.9 Å². The molecule has 3 unspecified atom stereocenters. The third kappa shape index (κ3) is 2.05. The number of rotatable bonds is 1. The van der Waals surface area contributed by atoms with Crippen LogP contribution in [-0.4, -0.2) is 18.2 Å². The SMILES string of the molecule is CC1CC(C2CCOC3(CCC3)C2)c2ccccc2N1. The van der Waals surface area contributed by atoms with Gasteiger partial charge in [0.2, 0.25) is 0 Å². The smallest absolute Gasteiger partial charge is 0.0685 e. The Morgan fingerprint density at radius 1 is 1.25 bits per heavy atom. The van der Waals surface area contributed by atoms with Crippen LogP contribution < -0.4 is 5.32 Å². The van der Waals surface area contributed by atoms with Crippen molar-refractivity contribution in [1.82, 2.24) is 0 Å². The number of hydrogen-bond donors (Lipinski definition) is 1. The molecular weight excluding hydrogens is 246 g/mol. The van der Waals surface area contributed by atoms with Crippen LogP contribution in [0.15, 0.2) is 24.3 Å². The van der Waals surface area contributed by atoms with Crippen LogP contribution in [0.1, 0.15) is 56.9 Å². The second-order valence-electron chi connectivity index (χ2n) is 7.11. The van der Waals surface area contributed by atoms with Crippen molar-refractivity contribution in [3.05, 3.63) is 29.8 Å². The van der Waals surface area contributed by atoms with E-state index in [0.717, 1.165) is 18.4 Å². The van der Waals surface area contributed by atoms with E-state index in [1.807, 2.05) is 0 Å². The van der Waals surface area contributed by atoms with E-state index in [-0.39, 0.29) is 5.60 Å². The molecule has 2 fully saturated rings. The van der Waals surface area contributed by atoms with Crippen LogP contribution in [-0.2, 0) is 4.74 Å². The van der Waals surface area contributed by atoms with Crippen molar-refractivity contribution in [3.8, 4) is 0 Å². The van der Waals surface area contributed by atoms with Gasteiger partial charge in [-0.2, -0.15) is 0 Å². The number of ether oxygens (including phenoxy) is 1. The Morgan fingerprint density at radius 2 is 2.10 bits per heavy atom. The predicted molar refractivity (Wildman–Crippen MR) is 82.1 cm³/mol. The molecule has 0 aromatic heterocycles. The first-order valence-electron chi connectivity index (χ1n) is 8.25. The van der Waals surface area contributed by atoms with E-state index in [4.69, 9.17) is 4.74 Å². The van der Waals surface area contributed by atoms with Gasteiger partial charge in [-0.3, -0.25) is 0 Å². The Hall–Kier alpha value is -1.02. The maximum Gasteiger partial charge on any atom is 0.0685 e. The highest BCUT2D eigenvalue weighted by atomic mass is 16.5. The maximum atomic E-state index is 6.12. The molecule has 1 N–H and O–H groups in total. The molecule has 1 aliphatic carbocycles. The van der Waals surface area contributed by atoms with Crippen LogP contribution in [0.4, 0.5) is 5.69 Å². The molecule has 0 bridgehead atoms. The molecule has 1 aromatic carbocycles. The Balaban J connectivity index is 1.61. The fraction of sp³-hybridized carbons (Fsp3) is 0.667. The van der Waals surface area contributed by atoms with E-state index in [9.17, 15) is 0 Å². The zero-order chi connectivity index (χ0) is 13.6. The highest BCUT2D eigenvalue weighted by Gasteiger charge is 2.45. The minimum atomic E-state index is 0.270. The molecule has 2 aliphatic heterocycles. The molecule has 20 heavy (non-hydrogen) atoms. The van der Waals surface area contributed by atoms with E-state index in [1.165, 1.54) is 44.2 Å². The van der Waals surface area contributed by atoms with Gasteiger partial charge < -0.3 is 10.1 Å². The van der Waals surface area contributed by atoms with Crippen LogP contribution >= 0.6 is 0 Å². The third-order valence-corrected chi connectivity index (χ3v) is 5.73. The molecule has 3 aliphatic rings. The average Bonchev–Trinajstić information content (AvgIpc) is 2.45. The van der Waals surface area contributed by atoms with Gasteiger partial charge >= 0.3 is 0 Å². The molecule has 0 radical (unpaired) electrons. The van der Waals surface area contributed by atoms with E-state index in [0.29, 0.717) is 6.04 Å². The van der Waals surface area contributed by atoms with Crippen molar-refractivity contribution >= 4 is 5.69 Å². The van der Waals surface area contributed by atoms with Crippen molar-refractivity contribution in [2.24, 2.45) is 5.92 Å². The summed E-state index contributed by atoms with van der Waals surface area (Å²) < 4.78 is 6.12. The fourth-order valence-electron chi connectivity index (χ4n) is 4.56. The quantitative estimate of drug-likeness (QED) is 0.821. The van der Waals surface area contributed by atoms with Gasteiger partial charge in [-0.05, 0) is 68.9 Å². The average molecular weight is 271 g/mol. The normalized spacial score (nSPS) is 35.0. The number of fused-ring (bicyclic) bond motifs is 1. The summed E-state index contributed by atoms with van der Waals surface area (Å²) in [7, 11) is 0. The Bertz CT molecular complexity index is 494. The molecule has 108 valence electrons. The van der Waals surface area contributed by atoms with Gasteiger partial charge in [0.15, 0.2) is 0 Å².